The smallest absolute Gasteiger partial charge is 0.434 e. The molecule has 3 aromatic rings. The van der Waals surface area contributed by atoms with E-state index in [0.717, 1.165) is 16.7 Å². The Morgan fingerprint density at radius 1 is 1.09 bits per heavy atom. The lowest BCUT2D eigenvalue weighted by atomic mass is 10.0. The van der Waals surface area contributed by atoms with Gasteiger partial charge in [0, 0.05) is 53.8 Å². The molecule has 3 aromatic heterocycles. The molecule has 18 heteroatoms. The third kappa shape index (κ3) is 8.66. The number of thiazole rings is 1. The van der Waals surface area contributed by atoms with Gasteiger partial charge in [0.25, 0.3) is 11.8 Å². The first-order valence-corrected chi connectivity index (χ1v) is 14.7. The van der Waals surface area contributed by atoms with Crippen molar-refractivity contribution in [1.29, 1.82) is 0 Å². The van der Waals surface area contributed by atoms with Crippen LogP contribution in [0.25, 0.3) is 21.7 Å². The van der Waals surface area contributed by atoms with E-state index < -0.39 is 47.5 Å². The zero-order chi connectivity index (χ0) is 33.6. The zero-order valence-corrected chi connectivity index (χ0v) is 26.0. The molecule has 0 saturated carbocycles. The van der Waals surface area contributed by atoms with Gasteiger partial charge in [0.2, 0.25) is 0 Å². The maximum atomic E-state index is 13.3. The fraction of sp³-hybridized carbons (Fsp3) is 0.393. The van der Waals surface area contributed by atoms with Gasteiger partial charge in [0.15, 0.2) is 5.69 Å². The number of pyridine rings is 2. The summed E-state index contributed by atoms with van der Waals surface area (Å²) in [6.07, 6.45) is -1.51. The topological polar surface area (TPSA) is 177 Å². The molecule has 4 N–H and O–H groups in total. The molecule has 0 aliphatic carbocycles. The number of carbonyl (C=O) groups excluding carboxylic acids is 4. The number of halogens is 3. The second-order valence-electron chi connectivity index (χ2n) is 10.8. The molecule has 5 amide bonds. The monoisotopic (exact) mass is 664 g/mol. The van der Waals surface area contributed by atoms with E-state index in [1.54, 1.807) is 27.7 Å². The van der Waals surface area contributed by atoms with Crippen LogP contribution in [0, 0.1) is 0 Å². The third-order valence-electron chi connectivity index (χ3n) is 6.18. The molecule has 4 heterocycles. The number of nitrogens with one attached hydrogen (secondary N) is 4. The summed E-state index contributed by atoms with van der Waals surface area (Å²) >= 11 is 0.735. The van der Waals surface area contributed by atoms with Gasteiger partial charge in [-0.05, 0) is 39.8 Å². The van der Waals surface area contributed by atoms with Gasteiger partial charge in [-0.25, -0.2) is 19.6 Å². The Balaban J connectivity index is 1.56. The Kier molecular flexibility index (Phi) is 10.4. The van der Waals surface area contributed by atoms with Crippen molar-refractivity contribution in [3.8, 4) is 21.7 Å². The largest absolute Gasteiger partial charge is 0.444 e. The quantitative estimate of drug-likeness (QED) is 0.285. The first-order valence-electron chi connectivity index (χ1n) is 13.9. The molecule has 0 spiro atoms. The second-order valence-corrected chi connectivity index (χ2v) is 11.7. The highest BCUT2D eigenvalue weighted by Gasteiger charge is 2.36. The van der Waals surface area contributed by atoms with Crippen LogP contribution in [0.4, 0.5) is 28.6 Å². The van der Waals surface area contributed by atoms with Crippen molar-refractivity contribution in [2.45, 2.75) is 45.5 Å². The number of aromatic nitrogens is 3. The molecular formula is C28H31F3N8O6S. The Morgan fingerprint density at radius 2 is 1.85 bits per heavy atom. The van der Waals surface area contributed by atoms with E-state index in [2.05, 4.69) is 36.4 Å². The van der Waals surface area contributed by atoms with E-state index in [0.29, 0.717) is 6.54 Å². The average molecular weight is 665 g/mol. The van der Waals surface area contributed by atoms with Crippen LogP contribution in [0.2, 0.25) is 0 Å². The highest BCUT2D eigenvalue weighted by molar-refractivity contribution is 7.13. The highest BCUT2D eigenvalue weighted by atomic mass is 32.1. The maximum Gasteiger partial charge on any atom is 0.434 e. The molecule has 0 bridgehead atoms. The highest BCUT2D eigenvalue weighted by Crippen LogP contribution is 2.38. The van der Waals surface area contributed by atoms with Crippen molar-refractivity contribution in [1.82, 2.24) is 36.0 Å². The summed E-state index contributed by atoms with van der Waals surface area (Å²) in [5, 5.41) is 5.88. The first kappa shape index (κ1) is 34.0. The zero-order valence-electron chi connectivity index (χ0n) is 25.2. The number of hydrogen-bond acceptors (Lipinski definition) is 10. The first-order chi connectivity index (χ1) is 21.7. The standard InChI is InChI=1S/C28H31F3N8O6S/c1-5-33-25(42)36-21-9-17(24-35-20(14-46-24)28(29,30)31)18(12-34-21)15-8-16(11-32-10-15)22(40)37-38-23(41)19-13-44-7-6-39(19)26(43)45-27(2,3)4/h8-12,14,19H,5-7,13H2,1-4H3,(H,37,40)(H,38,41)(H2,33,34,36,42). The van der Waals surface area contributed by atoms with E-state index in [1.807, 2.05) is 0 Å². The van der Waals surface area contributed by atoms with Crippen LogP contribution < -0.4 is 21.5 Å². The van der Waals surface area contributed by atoms with Crippen LogP contribution in [-0.2, 0) is 20.4 Å². The van der Waals surface area contributed by atoms with Crippen LogP contribution in [0.5, 0.6) is 0 Å². The van der Waals surface area contributed by atoms with Crippen LogP contribution in [0.3, 0.4) is 0 Å². The summed E-state index contributed by atoms with van der Waals surface area (Å²) in [5.41, 5.74) is 3.38. The molecule has 0 radical (unpaired) electrons. The van der Waals surface area contributed by atoms with E-state index in [4.69, 9.17) is 9.47 Å². The molecule has 1 fully saturated rings. The molecule has 1 aliphatic rings. The predicted molar refractivity (Wildman–Crippen MR) is 159 cm³/mol. The Labute approximate surface area is 265 Å². The van der Waals surface area contributed by atoms with Gasteiger partial charge in [-0.15, -0.1) is 11.3 Å². The SMILES string of the molecule is CCNC(=O)Nc1cc(-c2nc(C(F)(F)F)cs2)c(-c2cncc(C(=O)NNC(=O)C3COCCN3C(=O)OC(C)(C)C)c2)cn1. The summed E-state index contributed by atoms with van der Waals surface area (Å²) < 4.78 is 50.7. The maximum absolute atomic E-state index is 13.3. The molecule has 4 rings (SSSR count). The summed E-state index contributed by atoms with van der Waals surface area (Å²) in [4.78, 5) is 63.8. The molecule has 0 aromatic carbocycles. The van der Waals surface area contributed by atoms with Crippen molar-refractivity contribution in [3.05, 3.63) is 47.4 Å². The number of hydrazine groups is 1. The van der Waals surface area contributed by atoms with Crippen molar-refractivity contribution < 1.29 is 41.8 Å². The number of anilines is 1. The van der Waals surface area contributed by atoms with Crippen LogP contribution in [-0.4, -0.2) is 81.7 Å². The van der Waals surface area contributed by atoms with Crippen LogP contribution >= 0.6 is 11.3 Å². The number of rotatable bonds is 6. The van der Waals surface area contributed by atoms with E-state index >= 15 is 0 Å². The number of alkyl halides is 3. The summed E-state index contributed by atoms with van der Waals surface area (Å²) in [6, 6.07) is 1.11. The Bertz CT molecular complexity index is 1610. The van der Waals surface area contributed by atoms with Crippen molar-refractivity contribution in [2.24, 2.45) is 0 Å². The molecule has 246 valence electrons. The minimum absolute atomic E-state index is 0.0185. The van der Waals surface area contributed by atoms with Gasteiger partial charge in [-0.2, -0.15) is 13.2 Å². The lowest BCUT2D eigenvalue weighted by Gasteiger charge is -2.35. The van der Waals surface area contributed by atoms with Gasteiger partial charge in [0.05, 0.1) is 18.8 Å². The third-order valence-corrected chi connectivity index (χ3v) is 7.05. The molecular weight excluding hydrogens is 633 g/mol. The van der Waals surface area contributed by atoms with E-state index in [-0.39, 0.29) is 52.8 Å². The van der Waals surface area contributed by atoms with E-state index in [1.165, 1.54) is 35.6 Å². The van der Waals surface area contributed by atoms with Crippen molar-refractivity contribution in [3.63, 3.8) is 0 Å². The number of amides is 5. The second kappa shape index (κ2) is 14.1. The number of hydrogen-bond donors (Lipinski definition) is 4. The van der Waals surface area contributed by atoms with Crippen LogP contribution in [0.1, 0.15) is 43.7 Å². The number of ether oxygens (including phenoxy) is 2. The lowest BCUT2D eigenvalue weighted by Crippen LogP contribution is -2.59. The van der Waals surface area contributed by atoms with Gasteiger partial charge in [-0.3, -0.25) is 35.6 Å². The molecule has 1 aliphatic heterocycles. The van der Waals surface area contributed by atoms with Crippen molar-refractivity contribution in [2.75, 3.05) is 31.6 Å². The Hall–Kier alpha value is -4.84. The number of nitrogens with zero attached hydrogens (tertiary/aromatic N) is 4. The summed E-state index contributed by atoms with van der Waals surface area (Å²) in [7, 11) is 0. The number of urea groups is 1. The van der Waals surface area contributed by atoms with Gasteiger partial charge >= 0.3 is 18.3 Å². The summed E-state index contributed by atoms with van der Waals surface area (Å²) in [5.74, 6) is -1.46. The fourth-order valence-electron chi connectivity index (χ4n) is 4.12. The normalized spacial score (nSPS) is 15.1. The van der Waals surface area contributed by atoms with Gasteiger partial charge in [0.1, 0.15) is 22.5 Å². The molecule has 1 saturated heterocycles. The number of morpholine rings is 1. The van der Waals surface area contributed by atoms with Crippen molar-refractivity contribution >= 4 is 41.1 Å². The average Bonchev–Trinajstić information content (AvgIpc) is 3.50. The van der Waals surface area contributed by atoms with Crippen LogP contribution in [0.15, 0.2) is 36.1 Å². The minimum Gasteiger partial charge on any atom is -0.444 e. The van der Waals surface area contributed by atoms with Gasteiger partial charge < -0.3 is 14.8 Å². The minimum atomic E-state index is -4.68. The fourth-order valence-corrected chi connectivity index (χ4v) is 4.98. The molecule has 1 unspecified atom stereocenters. The summed E-state index contributed by atoms with van der Waals surface area (Å²) in [6.45, 7) is 7.29. The number of carbonyl (C=O) groups is 4. The lowest BCUT2D eigenvalue weighted by molar-refractivity contribution is -0.140. The van der Waals surface area contributed by atoms with Gasteiger partial charge in [-0.1, -0.05) is 0 Å². The Morgan fingerprint density at radius 3 is 2.52 bits per heavy atom. The van der Waals surface area contributed by atoms with E-state index in [9.17, 15) is 32.3 Å². The predicted octanol–water partition coefficient (Wildman–Crippen LogP) is 3.82. The molecule has 14 nitrogen and oxygen atoms in total. The molecule has 46 heavy (non-hydrogen) atoms. The molecule has 1 atom stereocenters.